The molecule has 4 heteroatoms. The summed E-state index contributed by atoms with van der Waals surface area (Å²) in [6, 6.07) is 5.64. The fourth-order valence-corrected chi connectivity index (χ4v) is 1.63. The highest BCUT2D eigenvalue weighted by Crippen LogP contribution is 2.20. The molecule has 0 aromatic heterocycles. The minimum Gasteiger partial charge on any atom is -0.327 e. The Balaban J connectivity index is 2.59. The van der Waals surface area contributed by atoms with Crippen molar-refractivity contribution in [3.63, 3.8) is 0 Å². The zero-order valence-electron chi connectivity index (χ0n) is 10.5. The van der Waals surface area contributed by atoms with Gasteiger partial charge in [-0.15, -0.1) is 0 Å². The third-order valence-corrected chi connectivity index (χ3v) is 3.61. The van der Waals surface area contributed by atoms with Crippen molar-refractivity contribution >= 4 is 27.5 Å². The van der Waals surface area contributed by atoms with Crippen molar-refractivity contribution in [2.45, 2.75) is 33.2 Å². The number of anilines is 1. The summed E-state index contributed by atoms with van der Waals surface area (Å²) in [5.41, 5.74) is 7.76. The summed E-state index contributed by atoms with van der Waals surface area (Å²) in [6.45, 7) is 6.02. The number of rotatable bonds is 4. The van der Waals surface area contributed by atoms with E-state index < -0.39 is 0 Å². The number of nitrogens with two attached hydrogens (primary N) is 1. The molecule has 0 bridgehead atoms. The van der Waals surface area contributed by atoms with Gasteiger partial charge in [0.05, 0.1) is 0 Å². The number of amides is 1. The summed E-state index contributed by atoms with van der Waals surface area (Å²) >= 11 is 3.42. The summed E-state index contributed by atoms with van der Waals surface area (Å²) in [4.78, 5) is 11.7. The van der Waals surface area contributed by atoms with E-state index in [0.29, 0.717) is 12.3 Å². The van der Waals surface area contributed by atoms with E-state index in [4.69, 9.17) is 5.73 Å². The first-order chi connectivity index (χ1) is 7.90. The minimum atomic E-state index is -0.0912. The standard InChI is InChI=1S/C13H19BrN2O/c1-8(2)12(15)7-13(17)16-10-4-5-11(14)9(3)6-10/h4-6,8,12H,7,15H2,1-3H3,(H,16,17). The SMILES string of the molecule is Cc1cc(NC(=O)CC(N)C(C)C)ccc1Br. The van der Waals surface area contributed by atoms with E-state index in [0.717, 1.165) is 15.7 Å². The second kappa shape index (κ2) is 6.17. The van der Waals surface area contributed by atoms with Crippen LogP contribution >= 0.6 is 15.9 Å². The maximum Gasteiger partial charge on any atom is 0.225 e. The molecule has 1 unspecified atom stereocenters. The van der Waals surface area contributed by atoms with Crippen LogP contribution < -0.4 is 11.1 Å². The van der Waals surface area contributed by atoms with Crippen LogP contribution in [0.5, 0.6) is 0 Å². The number of nitrogens with one attached hydrogen (secondary N) is 1. The van der Waals surface area contributed by atoms with E-state index in [-0.39, 0.29) is 11.9 Å². The smallest absolute Gasteiger partial charge is 0.225 e. The maximum atomic E-state index is 11.7. The first-order valence-corrected chi connectivity index (χ1v) is 6.51. The van der Waals surface area contributed by atoms with Crippen molar-refractivity contribution in [3.8, 4) is 0 Å². The lowest BCUT2D eigenvalue weighted by atomic mass is 10.0. The summed E-state index contributed by atoms with van der Waals surface area (Å²) in [5, 5.41) is 2.86. The van der Waals surface area contributed by atoms with Gasteiger partial charge in [0.2, 0.25) is 5.91 Å². The zero-order valence-corrected chi connectivity index (χ0v) is 12.0. The van der Waals surface area contributed by atoms with E-state index in [1.807, 2.05) is 39.0 Å². The fourth-order valence-electron chi connectivity index (χ4n) is 1.38. The normalized spacial score (nSPS) is 12.6. The van der Waals surface area contributed by atoms with E-state index in [2.05, 4.69) is 21.2 Å². The molecule has 3 nitrogen and oxygen atoms in total. The number of hydrogen-bond acceptors (Lipinski definition) is 2. The monoisotopic (exact) mass is 298 g/mol. The first-order valence-electron chi connectivity index (χ1n) is 5.71. The summed E-state index contributed by atoms with van der Waals surface area (Å²) in [6.07, 6.45) is 0.354. The molecule has 1 aromatic rings. The zero-order chi connectivity index (χ0) is 13.0. The molecule has 1 rings (SSSR count). The molecule has 3 N–H and O–H groups in total. The third-order valence-electron chi connectivity index (χ3n) is 2.72. The van der Waals surface area contributed by atoms with Crippen LogP contribution in [-0.4, -0.2) is 11.9 Å². The number of carbonyl (C=O) groups excluding carboxylic acids is 1. The van der Waals surface area contributed by atoms with E-state index in [1.165, 1.54) is 0 Å². The van der Waals surface area contributed by atoms with Crippen LogP contribution in [0.2, 0.25) is 0 Å². The Morgan fingerprint density at radius 3 is 2.65 bits per heavy atom. The molecule has 1 atom stereocenters. The van der Waals surface area contributed by atoms with Crippen LogP contribution in [0, 0.1) is 12.8 Å². The summed E-state index contributed by atoms with van der Waals surface area (Å²) in [5.74, 6) is 0.278. The van der Waals surface area contributed by atoms with Crippen molar-refractivity contribution in [2.24, 2.45) is 11.7 Å². The molecule has 17 heavy (non-hydrogen) atoms. The van der Waals surface area contributed by atoms with Crippen molar-refractivity contribution in [2.75, 3.05) is 5.32 Å². The first kappa shape index (κ1) is 14.2. The molecule has 0 saturated heterocycles. The molecule has 1 amide bonds. The molecular weight excluding hydrogens is 280 g/mol. The van der Waals surface area contributed by atoms with Gasteiger partial charge in [0.25, 0.3) is 0 Å². The lowest BCUT2D eigenvalue weighted by Crippen LogP contribution is -2.31. The van der Waals surface area contributed by atoms with Crippen molar-refractivity contribution in [1.82, 2.24) is 0 Å². The molecule has 1 aromatic carbocycles. The molecule has 0 aliphatic rings. The Hall–Kier alpha value is -0.870. The lowest BCUT2D eigenvalue weighted by Gasteiger charge is -2.15. The molecule has 0 spiro atoms. The van der Waals surface area contributed by atoms with Crippen LogP contribution in [0.1, 0.15) is 25.8 Å². The molecule has 0 fully saturated rings. The fraction of sp³-hybridized carbons (Fsp3) is 0.462. The lowest BCUT2D eigenvalue weighted by molar-refractivity contribution is -0.116. The van der Waals surface area contributed by atoms with Crippen molar-refractivity contribution in [1.29, 1.82) is 0 Å². The average molecular weight is 299 g/mol. The number of hydrogen-bond donors (Lipinski definition) is 2. The van der Waals surface area contributed by atoms with Crippen molar-refractivity contribution < 1.29 is 4.79 Å². The van der Waals surface area contributed by atoms with Gasteiger partial charge in [-0.2, -0.15) is 0 Å². The minimum absolute atomic E-state index is 0.0343. The molecule has 0 saturated carbocycles. The Bertz CT molecular complexity index is 404. The van der Waals surface area contributed by atoms with Crippen LogP contribution in [0.4, 0.5) is 5.69 Å². The number of aryl methyl sites for hydroxylation is 1. The Morgan fingerprint density at radius 1 is 1.47 bits per heavy atom. The number of carbonyl (C=O) groups is 1. The molecule has 0 aliphatic carbocycles. The molecule has 0 aliphatic heterocycles. The van der Waals surface area contributed by atoms with Crippen LogP contribution in [0.25, 0.3) is 0 Å². The van der Waals surface area contributed by atoms with Crippen LogP contribution in [0.15, 0.2) is 22.7 Å². The van der Waals surface area contributed by atoms with Gasteiger partial charge in [0.1, 0.15) is 0 Å². The second-order valence-corrected chi connectivity index (χ2v) is 5.48. The highest BCUT2D eigenvalue weighted by molar-refractivity contribution is 9.10. The third kappa shape index (κ3) is 4.48. The molecule has 94 valence electrons. The van der Waals surface area contributed by atoms with E-state index in [9.17, 15) is 4.79 Å². The van der Waals surface area contributed by atoms with Crippen molar-refractivity contribution in [3.05, 3.63) is 28.2 Å². The highest BCUT2D eigenvalue weighted by atomic mass is 79.9. The largest absolute Gasteiger partial charge is 0.327 e. The quantitative estimate of drug-likeness (QED) is 0.897. The van der Waals surface area contributed by atoms with E-state index in [1.54, 1.807) is 0 Å². The van der Waals surface area contributed by atoms with Gasteiger partial charge in [-0.05, 0) is 36.6 Å². The van der Waals surface area contributed by atoms with Gasteiger partial charge in [-0.25, -0.2) is 0 Å². The van der Waals surface area contributed by atoms with Crippen LogP contribution in [-0.2, 0) is 4.79 Å². The van der Waals surface area contributed by atoms with Crippen LogP contribution in [0.3, 0.4) is 0 Å². The van der Waals surface area contributed by atoms with Gasteiger partial charge >= 0.3 is 0 Å². The predicted molar refractivity (Wildman–Crippen MR) is 74.9 cm³/mol. The van der Waals surface area contributed by atoms with E-state index >= 15 is 0 Å². The molecular formula is C13H19BrN2O. The Kier molecular flexibility index (Phi) is 5.15. The van der Waals surface area contributed by atoms with Gasteiger partial charge < -0.3 is 11.1 Å². The topological polar surface area (TPSA) is 55.1 Å². The highest BCUT2D eigenvalue weighted by Gasteiger charge is 2.13. The summed E-state index contributed by atoms with van der Waals surface area (Å²) < 4.78 is 1.04. The predicted octanol–water partition coefficient (Wildman–Crippen LogP) is 3.07. The summed E-state index contributed by atoms with van der Waals surface area (Å²) in [7, 11) is 0. The number of halogens is 1. The van der Waals surface area contributed by atoms with Gasteiger partial charge in [-0.3, -0.25) is 4.79 Å². The second-order valence-electron chi connectivity index (χ2n) is 4.62. The van der Waals surface area contributed by atoms with Gasteiger partial charge in [-0.1, -0.05) is 29.8 Å². The Morgan fingerprint density at radius 2 is 2.12 bits per heavy atom. The molecule has 0 heterocycles. The maximum absolute atomic E-state index is 11.7. The Labute approximate surface area is 111 Å². The number of benzene rings is 1. The average Bonchev–Trinajstić information content (AvgIpc) is 2.23. The van der Waals surface area contributed by atoms with Gasteiger partial charge in [0, 0.05) is 22.6 Å². The molecule has 0 radical (unpaired) electrons. The van der Waals surface area contributed by atoms with Gasteiger partial charge in [0.15, 0.2) is 0 Å².